The smallest absolute Gasteiger partial charge is 0.107 e. The largest absolute Gasteiger partial charge is 0.399 e. The Kier molecular flexibility index (Phi) is 3.26. The molecule has 1 heterocycles. The number of aryl methyl sites for hydroxylation is 1. The van der Waals surface area contributed by atoms with Gasteiger partial charge in [0.25, 0.3) is 0 Å². The standard InChI is InChI=1S/C16H16BrN3/c1-10(12-3-5-13(17)6-4-12)20-11(2)19-15-9-14(18)7-8-16(15)20/h3-10H,18H2,1-2H3. The molecule has 0 aliphatic carbocycles. The van der Waals surface area contributed by atoms with Crippen LogP contribution in [-0.2, 0) is 0 Å². The predicted octanol–water partition coefficient (Wildman–Crippen LogP) is 4.30. The summed E-state index contributed by atoms with van der Waals surface area (Å²) in [7, 11) is 0. The molecule has 0 fully saturated rings. The molecule has 20 heavy (non-hydrogen) atoms. The first-order valence-corrected chi connectivity index (χ1v) is 7.35. The highest BCUT2D eigenvalue weighted by molar-refractivity contribution is 9.10. The molecule has 3 nitrogen and oxygen atoms in total. The lowest BCUT2D eigenvalue weighted by Crippen LogP contribution is -2.08. The van der Waals surface area contributed by atoms with Crippen molar-refractivity contribution < 1.29 is 0 Å². The molecule has 1 aromatic heterocycles. The van der Waals surface area contributed by atoms with Crippen LogP contribution in [0.1, 0.15) is 24.4 Å². The summed E-state index contributed by atoms with van der Waals surface area (Å²) in [5.74, 6) is 1.00. The van der Waals surface area contributed by atoms with Crippen LogP contribution in [0, 0.1) is 6.92 Å². The van der Waals surface area contributed by atoms with E-state index in [1.165, 1.54) is 5.56 Å². The number of nitrogens with two attached hydrogens (primary N) is 1. The van der Waals surface area contributed by atoms with E-state index in [4.69, 9.17) is 5.73 Å². The van der Waals surface area contributed by atoms with E-state index in [0.29, 0.717) is 0 Å². The minimum atomic E-state index is 0.233. The third kappa shape index (κ3) is 2.20. The summed E-state index contributed by atoms with van der Waals surface area (Å²) in [5, 5.41) is 0. The van der Waals surface area contributed by atoms with Gasteiger partial charge in [-0.2, -0.15) is 0 Å². The van der Waals surface area contributed by atoms with Gasteiger partial charge in [-0.15, -0.1) is 0 Å². The first-order valence-electron chi connectivity index (χ1n) is 6.56. The Morgan fingerprint density at radius 1 is 1.15 bits per heavy atom. The fourth-order valence-electron chi connectivity index (χ4n) is 2.62. The lowest BCUT2D eigenvalue weighted by molar-refractivity contribution is 0.637. The number of fused-ring (bicyclic) bond motifs is 1. The molecule has 102 valence electrons. The van der Waals surface area contributed by atoms with Crippen molar-refractivity contribution in [1.82, 2.24) is 9.55 Å². The summed E-state index contributed by atoms with van der Waals surface area (Å²) < 4.78 is 3.34. The molecule has 2 aromatic carbocycles. The van der Waals surface area contributed by atoms with E-state index in [9.17, 15) is 0 Å². The molecule has 0 spiro atoms. The molecular formula is C16H16BrN3. The number of imidazole rings is 1. The monoisotopic (exact) mass is 329 g/mol. The lowest BCUT2D eigenvalue weighted by atomic mass is 10.1. The van der Waals surface area contributed by atoms with E-state index in [1.807, 2.05) is 25.1 Å². The molecule has 3 aromatic rings. The minimum absolute atomic E-state index is 0.233. The first kappa shape index (κ1) is 13.2. The van der Waals surface area contributed by atoms with Gasteiger partial charge in [-0.25, -0.2) is 4.98 Å². The van der Waals surface area contributed by atoms with Crippen LogP contribution in [0.25, 0.3) is 11.0 Å². The van der Waals surface area contributed by atoms with Crippen LogP contribution < -0.4 is 5.73 Å². The number of aromatic nitrogens is 2. The number of rotatable bonds is 2. The topological polar surface area (TPSA) is 43.8 Å². The van der Waals surface area contributed by atoms with Crippen LogP contribution in [0.15, 0.2) is 46.9 Å². The van der Waals surface area contributed by atoms with E-state index >= 15 is 0 Å². The second-order valence-electron chi connectivity index (χ2n) is 5.00. The lowest BCUT2D eigenvalue weighted by Gasteiger charge is -2.17. The minimum Gasteiger partial charge on any atom is -0.399 e. The molecule has 0 saturated heterocycles. The van der Waals surface area contributed by atoms with Crippen molar-refractivity contribution in [3.8, 4) is 0 Å². The molecule has 0 aliphatic heterocycles. The van der Waals surface area contributed by atoms with E-state index in [1.54, 1.807) is 0 Å². The summed E-state index contributed by atoms with van der Waals surface area (Å²) in [6.45, 7) is 4.22. The van der Waals surface area contributed by atoms with Crippen LogP contribution in [-0.4, -0.2) is 9.55 Å². The van der Waals surface area contributed by atoms with Crippen molar-refractivity contribution in [3.05, 3.63) is 58.3 Å². The van der Waals surface area contributed by atoms with Gasteiger partial charge in [-0.1, -0.05) is 28.1 Å². The molecule has 4 heteroatoms. The van der Waals surface area contributed by atoms with Crippen LogP contribution in [0.3, 0.4) is 0 Å². The second kappa shape index (κ2) is 4.94. The zero-order chi connectivity index (χ0) is 14.3. The van der Waals surface area contributed by atoms with E-state index in [2.05, 4.69) is 56.7 Å². The van der Waals surface area contributed by atoms with Gasteiger partial charge in [0.05, 0.1) is 17.1 Å². The number of hydrogen-bond donors (Lipinski definition) is 1. The molecule has 0 aliphatic rings. The summed E-state index contributed by atoms with van der Waals surface area (Å²) in [6.07, 6.45) is 0. The van der Waals surface area contributed by atoms with Crippen molar-refractivity contribution in [2.75, 3.05) is 5.73 Å². The van der Waals surface area contributed by atoms with Crippen LogP contribution >= 0.6 is 15.9 Å². The maximum atomic E-state index is 5.83. The molecule has 1 unspecified atom stereocenters. The van der Waals surface area contributed by atoms with Gasteiger partial charge in [0.15, 0.2) is 0 Å². The SMILES string of the molecule is Cc1nc2cc(N)ccc2n1C(C)c1ccc(Br)cc1. The maximum Gasteiger partial charge on any atom is 0.107 e. The van der Waals surface area contributed by atoms with Gasteiger partial charge in [-0.05, 0) is 49.7 Å². The number of hydrogen-bond acceptors (Lipinski definition) is 2. The van der Waals surface area contributed by atoms with E-state index in [0.717, 1.165) is 27.0 Å². The van der Waals surface area contributed by atoms with Crippen molar-refractivity contribution in [2.45, 2.75) is 19.9 Å². The van der Waals surface area contributed by atoms with Gasteiger partial charge < -0.3 is 10.3 Å². The predicted molar refractivity (Wildman–Crippen MR) is 86.8 cm³/mol. The Morgan fingerprint density at radius 2 is 1.85 bits per heavy atom. The highest BCUT2D eigenvalue weighted by Gasteiger charge is 2.14. The van der Waals surface area contributed by atoms with E-state index < -0.39 is 0 Å². The molecule has 0 radical (unpaired) electrons. The Bertz CT molecular complexity index is 759. The number of halogens is 1. The third-order valence-corrected chi connectivity index (χ3v) is 4.16. The normalized spacial score (nSPS) is 12.8. The van der Waals surface area contributed by atoms with Gasteiger partial charge in [-0.3, -0.25) is 0 Å². The molecule has 3 rings (SSSR count). The average Bonchev–Trinajstić information content (AvgIpc) is 2.73. The van der Waals surface area contributed by atoms with Gasteiger partial charge in [0, 0.05) is 10.2 Å². The first-order chi connectivity index (χ1) is 9.56. The maximum absolute atomic E-state index is 5.83. The highest BCUT2D eigenvalue weighted by Crippen LogP contribution is 2.27. The number of anilines is 1. The van der Waals surface area contributed by atoms with Gasteiger partial charge in [0.1, 0.15) is 5.82 Å². The molecule has 1 atom stereocenters. The summed E-state index contributed by atoms with van der Waals surface area (Å²) >= 11 is 3.47. The summed E-state index contributed by atoms with van der Waals surface area (Å²) in [5.41, 5.74) is 9.91. The molecule has 0 amide bonds. The Morgan fingerprint density at radius 3 is 2.55 bits per heavy atom. The quantitative estimate of drug-likeness (QED) is 0.712. The highest BCUT2D eigenvalue weighted by atomic mass is 79.9. The fourth-order valence-corrected chi connectivity index (χ4v) is 2.88. The number of nitrogen functional groups attached to an aromatic ring is 1. The van der Waals surface area contributed by atoms with Crippen molar-refractivity contribution in [3.63, 3.8) is 0 Å². The second-order valence-corrected chi connectivity index (χ2v) is 5.92. The van der Waals surface area contributed by atoms with Gasteiger partial charge in [0.2, 0.25) is 0 Å². The van der Waals surface area contributed by atoms with Gasteiger partial charge >= 0.3 is 0 Å². The van der Waals surface area contributed by atoms with Crippen molar-refractivity contribution in [1.29, 1.82) is 0 Å². The number of nitrogens with zero attached hydrogens (tertiary/aromatic N) is 2. The van der Waals surface area contributed by atoms with E-state index in [-0.39, 0.29) is 6.04 Å². The Labute approximate surface area is 126 Å². The zero-order valence-electron chi connectivity index (χ0n) is 11.5. The Hall–Kier alpha value is -1.81. The van der Waals surface area contributed by atoms with Crippen LogP contribution in [0.2, 0.25) is 0 Å². The summed E-state index contributed by atoms with van der Waals surface area (Å²) in [6, 6.07) is 14.5. The van der Waals surface area contributed by atoms with Crippen molar-refractivity contribution in [2.24, 2.45) is 0 Å². The zero-order valence-corrected chi connectivity index (χ0v) is 13.1. The summed E-state index contributed by atoms with van der Waals surface area (Å²) in [4.78, 5) is 4.61. The molecular weight excluding hydrogens is 314 g/mol. The third-order valence-electron chi connectivity index (χ3n) is 3.63. The molecule has 0 saturated carbocycles. The molecule has 2 N–H and O–H groups in total. The number of benzene rings is 2. The van der Waals surface area contributed by atoms with Crippen LogP contribution in [0.4, 0.5) is 5.69 Å². The average molecular weight is 330 g/mol. The Balaban J connectivity index is 2.13. The molecule has 0 bridgehead atoms. The fraction of sp³-hybridized carbons (Fsp3) is 0.188. The van der Waals surface area contributed by atoms with Crippen LogP contribution in [0.5, 0.6) is 0 Å². The van der Waals surface area contributed by atoms with Crippen molar-refractivity contribution >= 4 is 32.7 Å².